The average Bonchev–Trinajstić information content (AvgIpc) is 3.33. The molecule has 0 saturated carbocycles. The van der Waals surface area contributed by atoms with Gasteiger partial charge in [0.1, 0.15) is 22.8 Å². The number of β-lactam (4-membered cyclic amide) rings is 1. The van der Waals surface area contributed by atoms with Crippen molar-refractivity contribution in [2.75, 3.05) is 34.5 Å². The van der Waals surface area contributed by atoms with Crippen LogP contribution >= 0.6 is 34.9 Å². The highest BCUT2D eigenvalue weighted by Crippen LogP contribution is 2.41. The Morgan fingerprint density at radius 1 is 1.29 bits per heavy atom. The number of nitrogens with zero attached hydrogens (tertiary/aromatic N) is 5. The smallest absolute Gasteiger partial charge is 0.352 e. The molecule has 4 heterocycles. The quantitative estimate of drug-likeness (QED) is 0.0298. The van der Waals surface area contributed by atoms with E-state index in [2.05, 4.69) is 20.4 Å². The van der Waals surface area contributed by atoms with Crippen LogP contribution in [0.3, 0.4) is 0 Å². The van der Waals surface area contributed by atoms with Crippen molar-refractivity contribution in [2.24, 2.45) is 5.16 Å². The third kappa shape index (κ3) is 5.93. The minimum absolute atomic E-state index is 0.00415. The summed E-state index contributed by atoms with van der Waals surface area (Å²) in [4.78, 5) is 64.2. The standard InChI is InChI=1S/C21H24N10O7S3/c1-21(2,18(36)37)38-29-11(8-6-40-19(24)26-8)14(32)28-12-15(33)30-13(17(34)35)7(4-39-16(12)30)5-41-20-27-9(22)3-10(23)31(20)25/h3,6,12,16H,4-5,25H2,1-2H3,(H8,22,23,24,26,28,32,34,35,36,37)/p+1/b29-11-. The third-order valence-corrected chi connectivity index (χ3v) is 8.83. The summed E-state index contributed by atoms with van der Waals surface area (Å²) in [5.41, 5.74) is 15.2. The van der Waals surface area contributed by atoms with Crippen LogP contribution < -0.4 is 33.0 Å². The van der Waals surface area contributed by atoms with Crippen molar-refractivity contribution in [2.45, 2.75) is 36.0 Å². The maximum absolute atomic E-state index is 13.2. The largest absolute Gasteiger partial charge is 0.478 e. The zero-order chi connectivity index (χ0) is 30.2. The number of thioether (sulfide) groups is 2. The van der Waals surface area contributed by atoms with E-state index in [1.165, 1.54) is 37.1 Å². The molecule has 20 heteroatoms. The minimum atomic E-state index is -1.78. The Balaban J connectivity index is 1.53. The molecule has 11 N–H and O–H groups in total. The zero-order valence-electron chi connectivity index (χ0n) is 21.4. The number of carboxylic acid groups (broad SMARTS) is 2. The van der Waals surface area contributed by atoms with Crippen molar-refractivity contribution < 1.29 is 38.9 Å². The van der Waals surface area contributed by atoms with Crippen molar-refractivity contribution in [3.05, 3.63) is 28.4 Å². The van der Waals surface area contributed by atoms with Crippen molar-refractivity contribution >= 4 is 81.1 Å². The monoisotopic (exact) mass is 625 g/mol. The van der Waals surface area contributed by atoms with E-state index in [1.54, 1.807) is 0 Å². The van der Waals surface area contributed by atoms with Crippen LogP contribution in [0.15, 0.2) is 33.0 Å². The highest BCUT2D eigenvalue weighted by Gasteiger charge is 2.54. The SMILES string of the molecule is CC(C)(O/N=C(\C(=O)NC1C(=O)N2C(C(=O)O)=C(CSc3nc(N)cc(N)[n+]3N)CSC12)c1csc(N)n1)C(=O)O. The van der Waals surface area contributed by atoms with E-state index in [9.17, 15) is 29.4 Å². The number of nitrogens with one attached hydrogen (secondary N) is 1. The first-order chi connectivity index (χ1) is 19.2. The van der Waals surface area contributed by atoms with E-state index >= 15 is 0 Å². The van der Waals surface area contributed by atoms with Gasteiger partial charge in [0.25, 0.3) is 11.8 Å². The predicted octanol–water partition coefficient (Wildman–Crippen LogP) is -1.60. The fraction of sp³-hybridized carbons (Fsp3) is 0.333. The van der Waals surface area contributed by atoms with Gasteiger partial charge in [-0.15, -0.1) is 27.8 Å². The predicted molar refractivity (Wildman–Crippen MR) is 150 cm³/mol. The number of nitrogen functional groups attached to an aromatic ring is 4. The summed E-state index contributed by atoms with van der Waals surface area (Å²) < 4.78 is 1.11. The Morgan fingerprint density at radius 2 is 2.00 bits per heavy atom. The summed E-state index contributed by atoms with van der Waals surface area (Å²) >= 11 is 3.34. The lowest BCUT2D eigenvalue weighted by Crippen LogP contribution is -2.71. The van der Waals surface area contributed by atoms with Crippen LogP contribution in [0, 0.1) is 0 Å². The molecule has 0 bridgehead atoms. The number of thiazole rings is 1. The number of carbonyl (C=O) groups excluding carboxylic acids is 2. The number of hydrogen-bond acceptors (Lipinski definition) is 15. The van der Waals surface area contributed by atoms with Gasteiger partial charge in [-0.1, -0.05) is 10.1 Å². The van der Waals surface area contributed by atoms with Gasteiger partial charge in [-0.25, -0.2) is 14.6 Å². The summed E-state index contributed by atoms with van der Waals surface area (Å²) in [6.07, 6.45) is 0. The molecule has 0 aromatic carbocycles. The number of carboxylic acids is 2. The second kappa shape index (κ2) is 11.3. The Bertz CT molecular complexity index is 1510. The van der Waals surface area contributed by atoms with Gasteiger partial charge in [0.05, 0.1) is 6.07 Å². The molecule has 4 rings (SSSR count). The normalized spacial score (nSPS) is 18.9. The van der Waals surface area contributed by atoms with E-state index < -0.39 is 46.5 Å². The summed E-state index contributed by atoms with van der Waals surface area (Å²) in [5.74, 6) is 2.30. The number of aromatic nitrogens is 3. The summed E-state index contributed by atoms with van der Waals surface area (Å²) in [5, 5.41) is 26.5. The van der Waals surface area contributed by atoms with Gasteiger partial charge in [-0.05, 0) is 31.2 Å². The number of hydrogen-bond donors (Lipinski definition) is 7. The first-order valence-corrected chi connectivity index (χ1v) is 14.4. The van der Waals surface area contributed by atoms with Crippen LogP contribution in [0.5, 0.6) is 0 Å². The van der Waals surface area contributed by atoms with E-state index in [4.69, 9.17) is 27.9 Å². The lowest BCUT2D eigenvalue weighted by atomic mass is 10.0. The molecule has 2 amide bonds. The van der Waals surface area contributed by atoms with Crippen LogP contribution in [-0.4, -0.2) is 83.1 Å². The molecule has 2 aromatic rings. The van der Waals surface area contributed by atoms with Gasteiger partial charge in [-0.2, -0.15) is 0 Å². The molecule has 2 aliphatic rings. The van der Waals surface area contributed by atoms with E-state index in [1.807, 2.05) is 0 Å². The number of aliphatic carboxylic acids is 2. The molecular weight excluding hydrogens is 600 g/mol. The molecule has 2 unspecified atom stereocenters. The van der Waals surface area contributed by atoms with Gasteiger partial charge >= 0.3 is 17.1 Å². The fourth-order valence-corrected chi connectivity index (χ4v) is 6.56. The maximum atomic E-state index is 13.2. The number of carbonyl (C=O) groups is 4. The van der Waals surface area contributed by atoms with Crippen molar-refractivity contribution in [3.63, 3.8) is 0 Å². The van der Waals surface area contributed by atoms with Gasteiger partial charge in [0.15, 0.2) is 10.8 Å². The minimum Gasteiger partial charge on any atom is -0.478 e. The first kappa shape index (κ1) is 29.7. The van der Waals surface area contributed by atoms with Gasteiger partial charge in [-0.3, -0.25) is 20.3 Å². The molecule has 2 atom stereocenters. The van der Waals surface area contributed by atoms with Crippen LogP contribution in [0.25, 0.3) is 0 Å². The molecule has 0 radical (unpaired) electrons. The number of amides is 2. The lowest BCUT2D eigenvalue weighted by Gasteiger charge is -2.49. The lowest BCUT2D eigenvalue weighted by molar-refractivity contribution is -0.667. The molecule has 2 aromatic heterocycles. The molecular formula is C21H25N10O7S3+. The molecule has 218 valence electrons. The summed E-state index contributed by atoms with van der Waals surface area (Å²) in [7, 11) is 0. The Hall–Kier alpha value is -4.30. The molecule has 2 aliphatic heterocycles. The molecule has 1 saturated heterocycles. The second-order valence-corrected chi connectivity index (χ2v) is 12.0. The highest BCUT2D eigenvalue weighted by molar-refractivity contribution is 8.01. The van der Waals surface area contributed by atoms with Gasteiger partial charge in [0, 0.05) is 16.9 Å². The number of anilines is 3. The summed E-state index contributed by atoms with van der Waals surface area (Å²) in [6, 6.07) is 0.269. The zero-order valence-corrected chi connectivity index (χ0v) is 23.9. The average molecular weight is 626 g/mol. The van der Waals surface area contributed by atoms with Crippen LogP contribution in [0.4, 0.5) is 16.8 Å². The topological polar surface area (TPSA) is 279 Å². The fourth-order valence-electron chi connectivity index (χ4n) is 3.59. The number of nitrogens with two attached hydrogens (primary N) is 4. The van der Waals surface area contributed by atoms with E-state index in [0.717, 1.165) is 32.7 Å². The van der Waals surface area contributed by atoms with Crippen LogP contribution in [0.2, 0.25) is 0 Å². The Labute approximate surface area is 243 Å². The van der Waals surface area contributed by atoms with Crippen molar-refractivity contribution in [1.82, 2.24) is 20.2 Å². The van der Waals surface area contributed by atoms with Gasteiger partial charge in [0.2, 0.25) is 17.2 Å². The third-order valence-electron chi connectivity index (χ3n) is 5.78. The molecule has 0 aliphatic carbocycles. The van der Waals surface area contributed by atoms with Crippen molar-refractivity contribution in [3.8, 4) is 0 Å². The highest BCUT2D eigenvalue weighted by atomic mass is 32.2. The van der Waals surface area contributed by atoms with Crippen LogP contribution in [-0.2, 0) is 24.0 Å². The molecule has 1 fully saturated rings. The van der Waals surface area contributed by atoms with E-state index in [0.29, 0.717) is 5.57 Å². The second-order valence-electron chi connectivity index (χ2n) is 9.08. The van der Waals surface area contributed by atoms with Crippen molar-refractivity contribution in [1.29, 1.82) is 0 Å². The summed E-state index contributed by atoms with van der Waals surface area (Å²) in [6.45, 7) is 2.46. The molecule has 0 spiro atoms. The van der Waals surface area contributed by atoms with Crippen LogP contribution in [0.1, 0.15) is 19.5 Å². The Morgan fingerprint density at radius 3 is 2.61 bits per heavy atom. The molecule has 17 nitrogen and oxygen atoms in total. The van der Waals surface area contributed by atoms with E-state index in [-0.39, 0.29) is 44.8 Å². The van der Waals surface area contributed by atoms with Gasteiger partial charge < -0.3 is 37.6 Å². The number of oxime groups is 1. The maximum Gasteiger partial charge on any atom is 0.352 e. The first-order valence-electron chi connectivity index (χ1n) is 11.5. The molecule has 41 heavy (non-hydrogen) atoms. The number of rotatable bonds is 10. The Kier molecular flexibility index (Phi) is 8.17. The number of fused-ring (bicyclic) bond motifs is 1.